The first-order valence-corrected chi connectivity index (χ1v) is 8.23. The predicted molar refractivity (Wildman–Crippen MR) is 97.6 cm³/mol. The van der Waals surface area contributed by atoms with Crippen molar-refractivity contribution in [2.75, 3.05) is 26.2 Å². The van der Waals surface area contributed by atoms with Gasteiger partial charge in [0.25, 0.3) is 0 Å². The van der Waals surface area contributed by atoms with E-state index in [0.29, 0.717) is 25.6 Å². The van der Waals surface area contributed by atoms with Gasteiger partial charge < -0.3 is 5.32 Å². The van der Waals surface area contributed by atoms with Gasteiger partial charge in [0.05, 0.1) is 10.6 Å². The Morgan fingerprint density at radius 3 is 2.32 bits per heavy atom. The number of nitrogens with zero attached hydrogens (tertiary/aromatic N) is 1. The molecule has 0 unspecified atom stereocenters. The van der Waals surface area contributed by atoms with E-state index < -0.39 is 22.6 Å². The molecule has 0 aliphatic carbocycles. The van der Waals surface area contributed by atoms with Crippen molar-refractivity contribution in [2.45, 2.75) is 38.4 Å². The van der Waals surface area contributed by atoms with E-state index in [1.54, 1.807) is 0 Å². The van der Waals surface area contributed by atoms with E-state index in [1.165, 1.54) is 0 Å². The fourth-order valence-corrected chi connectivity index (χ4v) is 3.17. The lowest BCUT2D eigenvalue weighted by Crippen LogP contribution is -2.45. The number of hydrogen-bond donors (Lipinski definition) is 1. The summed E-state index contributed by atoms with van der Waals surface area (Å²) in [5.74, 6) is -0.737. The highest BCUT2D eigenvalue weighted by Crippen LogP contribution is 2.38. The minimum Gasteiger partial charge on any atom is -0.314 e. The third-order valence-electron chi connectivity index (χ3n) is 4.17. The second-order valence-electron chi connectivity index (χ2n) is 5.80. The SMILES string of the molecule is CCCC[C@@H](c1cc(C(F)(F)F)cc(Cl)c1F)N1CCNCC1.Cl.Cl. The van der Waals surface area contributed by atoms with Crippen LogP contribution in [0.3, 0.4) is 0 Å². The van der Waals surface area contributed by atoms with Crippen LogP contribution in [0.1, 0.15) is 43.4 Å². The number of benzene rings is 1. The van der Waals surface area contributed by atoms with E-state index in [-0.39, 0.29) is 36.4 Å². The van der Waals surface area contributed by atoms with Crippen LogP contribution in [0, 0.1) is 5.82 Å². The Kier molecular flexibility index (Phi) is 10.7. The van der Waals surface area contributed by atoms with Crippen LogP contribution >= 0.6 is 36.4 Å². The summed E-state index contributed by atoms with van der Waals surface area (Å²) >= 11 is 5.74. The van der Waals surface area contributed by atoms with Gasteiger partial charge in [-0.15, -0.1) is 24.8 Å². The van der Waals surface area contributed by atoms with Gasteiger partial charge >= 0.3 is 6.18 Å². The van der Waals surface area contributed by atoms with E-state index in [4.69, 9.17) is 11.6 Å². The molecule has 0 radical (unpaired) electrons. The fourth-order valence-electron chi connectivity index (χ4n) is 2.94. The smallest absolute Gasteiger partial charge is 0.314 e. The molecule has 1 saturated heterocycles. The van der Waals surface area contributed by atoms with Crippen LogP contribution in [-0.4, -0.2) is 31.1 Å². The molecule has 1 aliphatic heterocycles. The summed E-state index contributed by atoms with van der Waals surface area (Å²) in [6, 6.07) is 1.20. The first kappa shape index (κ1) is 24.7. The average molecular weight is 426 g/mol. The van der Waals surface area contributed by atoms with Crippen LogP contribution in [0.25, 0.3) is 0 Å². The van der Waals surface area contributed by atoms with Gasteiger partial charge in [0.2, 0.25) is 0 Å². The van der Waals surface area contributed by atoms with E-state index in [9.17, 15) is 17.6 Å². The predicted octanol–water partition coefficient (Wildman–Crippen LogP) is 5.48. The van der Waals surface area contributed by atoms with Crippen LogP contribution in [-0.2, 0) is 6.18 Å². The molecule has 1 aromatic carbocycles. The summed E-state index contributed by atoms with van der Waals surface area (Å²) in [7, 11) is 0. The van der Waals surface area contributed by atoms with Crippen molar-refractivity contribution in [1.29, 1.82) is 0 Å². The summed E-state index contributed by atoms with van der Waals surface area (Å²) in [4.78, 5) is 2.04. The largest absolute Gasteiger partial charge is 0.416 e. The van der Waals surface area contributed by atoms with E-state index >= 15 is 0 Å². The molecule has 25 heavy (non-hydrogen) atoms. The lowest BCUT2D eigenvalue weighted by molar-refractivity contribution is -0.137. The number of alkyl halides is 3. The van der Waals surface area contributed by atoms with Gasteiger partial charge in [0.1, 0.15) is 5.82 Å². The molecule has 0 spiro atoms. The molecule has 1 heterocycles. The van der Waals surface area contributed by atoms with E-state index in [2.05, 4.69) is 5.32 Å². The Morgan fingerprint density at radius 2 is 1.80 bits per heavy atom. The summed E-state index contributed by atoms with van der Waals surface area (Å²) in [5, 5.41) is 2.73. The van der Waals surface area contributed by atoms with Gasteiger partial charge in [-0.2, -0.15) is 13.2 Å². The van der Waals surface area contributed by atoms with Crippen molar-refractivity contribution < 1.29 is 17.6 Å². The Balaban J connectivity index is 0.00000288. The van der Waals surface area contributed by atoms with Crippen LogP contribution in [0.2, 0.25) is 5.02 Å². The molecular formula is C16H23Cl3F4N2. The first-order chi connectivity index (χ1) is 10.8. The molecule has 1 atom stereocenters. The van der Waals surface area contributed by atoms with Gasteiger partial charge in [-0.3, -0.25) is 4.90 Å². The molecule has 2 rings (SSSR count). The Bertz CT molecular complexity index is 535. The van der Waals surface area contributed by atoms with Crippen LogP contribution in [0.4, 0.5) is 17.6 Å². The Morgan fingerprint density at radius 1 is 1.20 bits per heavy atom. The lowest BCUT2D eigenvalue weighted by Gasteiger charge is -2.35. The third-order valence-corrected chi connectivity index (χ3v) is 4.44. The van der Waals surface area contributed by atoms with Crippen molar-refractivity contribution in [3.63, 3.8) is 0 Å². The summed E-state index contributed by atoms with van der Waals surface area (Å²) < 4.78 is 53.6. The molecule has 1 fully saturated rings. The second-order valence-corrected chi connectivity index (χ2v) is 6.21. The maximum atomic E-state index is 14.5. The molecule has 0 saturated carbocycles. The molecule has 0 aromatic heterocycles. The topological polar surface area (TPSA) is 15.3 Å². The minimum atomic E-state index is -4.54. The van der Waals surface area contributed by atoms with Crippen molar-refractivity contribution in [1.82, 2.24) is 10.2 Å². The fraction of sp³-hybridized carbons (Fsp3) is 0.625. The highest BCUT2D eigenvalue weighted by molar-refractivity contribution is 6.30. The maximum Gasteiger partial charge on any atom is 0.416 e. The molecule has 0 amide bonds. The Labute approximate surface area is 163 Å². The second kappa shape index (κ2) is 10.8. The molecule has 0 bridgehead atoms. The number of rotatable bonds is 5. The monoisotopic (exact) mass is 424 g/mol. The minimum absolute atomic E-state index is 0. The summed E-state index contributed by atoms with van der Waals surface area (Å²) in [6.07, 6.45) is -2.20. The molecule has 1 N–H and O–H groups in total. The molecule has 146 valence electrons. The number of unbranched alkanes of at least 4 members (excludes halogenated alkanes) is 1. The highest BCUT2D eigenvalue weighted by atomic mass is 35.5. The first-order valence-electron chi connectivity index (χ1n) is 7.85. The van der Waals surface area contributed by atoms with Crippen LogP contribution < -0.4 is 5.32 Å². The van der Waals surface area contributed by atoms with Gasteiger partial charge in [-0.25, -0.2) is 4.39 Å². The van der Waals surface area contributed by atoms with E-state index in [1.807, 2.05) is 11.8 Å². The zero-order valence-corrected chi connectivity index (χ0v) is 16.2. The van der Waals surface area contributed by atoms with Gasteiger partial charge in [0, 0.05) is 37.8 Å². The van der Waals surface area contributed by atoms with E-state index in [0.717, 1.165) is 32.0 Å². The van der Waals surface area contributed by atoms with Crippen molar-refractivity contribution in [3.8, 4) is 0 Å². The molecular weight excluding hydrogens is 403 g/mol. The zero-order chi connectivity index (χ0) is 17.0. The van der Waals surface area contributed by atoms with Gasteiger partial charge in [-0.05, 0) is 18.6 Å². The number of piperazine rings is 1. The quantitative estimate of drug-likeness (QED) is 0.629. The third kappa shape index (κ3) is 6.43. The molecule has 2 nitrogen and oxygen atoms in total. The van der Waals surface area contributed by atoms with Crippen LogP contribution in [0.5, 0.6) is 0 Å². The zero-order valence-electron chi connectivity index (χ0n) is 13.8. The summed E-state index contributed by atoms with van der Waals surface area (Å²) in [5.41, 5.74) is -0.837. The number of hydrogen-bond acceptors (Lipinski definition) is 2. The van der Waals surface area contributed by atoms with Gasteiger partial charge in [-0.1, -0.05) is 31.4 Å². The molecule has 1 aliphatic rings. The normalized spacial score (nSPS) is 16.7. The summed E-state index contributed by atoms with van der Waals surface area (Å²) in [6.45, 7) is 4.86. The standard InChI is InChI=1S/C16H21ClF4N2.2ClH/c1-2-3-4-14(23-7-5-22-6-8-23)12-9-11(16(19,20)21)10-13(17)15(12)18;;/h9-10,14,22H,2-8H2,1H3;2*1H/t14-;;/m0../s1. The van der Waals surface area contributed by atoms with Crippen molar-refractivity contribution in [3.05, 3.63) is 34.1 Å². The van der Waals surface area contributed by atoms with Crippen molar-refractivity contribution >= 4 is 36.4 Å². The van der Waals surface area contributed by atoms with Crippen molar-refractivity contribution in [2.24, 2.45) is 0 Å². The van der Waals surface area contributed by atoms with Crippen LogP contribution in [0.15, 0.2) is 12.1 Å². The lowest BCUT2D eigenvalue weighted by atomic mass is 9.96. The Hall–Kier alpha value is -0.270. The van der Waals surface area contributed by atoms with Gasteiger partial charge in [0.15, 0.2) is 0 Å². The number of halogens is 7. The molecule has 1 aromatic rings. The highest BCUT2D eigenvalue weighted by Gasteiger charge is 2.34. The molecule has 9 heteroatoms. The maximum absolute atomic E-state index is 14.5. The number of nitrogens with one attached hydrogen (secondary N) is 1. The average Bonchev–Trinajstić information content (AvgIpc) is 2.51.